The monoisotopic (exact) mass is 216 g/mol. The number of carbonyl (C=O) groups excluding carboxylic acids is 1. The minimum atomic E-state index is -0.134. The highest BCUT2D eigenvalue weighted by Crippen LogP contribution is 2.05. The summed E-state index contributed by atoms with van der Waals surface area (Å²) in [5.41, 5.74) is 5.46. The van der Waals surface area contributed by atoms with Crippen LogP contribution in [0.5, 0.6) is 0 Å². The summed E-state index contributed by atoms with van der Waals surface area (Å²) < 4.78 is 0. The lowest BCUT2D eigenvalue weighted by Crippen LogP contribution is -2.41. The van der Waals surface area contributed by atoms with Gasteiger partial charge in [0.15, 0.2) is 0 Å². The third-order valence-electron chi connectivity index (χ3n) is 2.61. The molecule has 0 aliphatic rings. The molecule has 4 nitrogen and oxygen atoms in total. The number of amides is 1. The van der Waals surface area contributed by atoms with Crippen LogP contribution in [0.3, 0.4) is 0 Å². The second-order valence-corrected chi connectivity index (χ2v) is 4.48. The van der Waals surface area contributed by atoms with Crippen molar-refractivity contribution in [1.29, 1.82) is 0 Å². The third kappa shape index (κ3) is 6.47. The van der Waals surface area contributed by atoms with Gasteiger partial charge in [-0.3, -0.25) is 4.79 Å². The molecule has 0 aromatic carbocycles. The highest BCUT2D eigenvalue weighted by Gasteiger charge is 2.15. The number of nitrogens with two attached hydrogens (primary N) is 1. The number of hydrogen-bond acceptors (Lipinski definition) is 3. The van der Waals surface area contributed by atoms with Crippen LogP contribution in [-0.4, -0.2) is 30.2 Å². The van der Waals surface area contributed by atoms with Crippen LogP contribution in [0.25, 0.3) is 0 Å². The van der Waals surface area contributed by atoms with Gasteiger partial charge < -0.3 is 16.2 Å². The van der Waals surface area contributed by atoms with Gasteiger partial charge >= 0.3 is 0 Å². The topological polar surface area (TPSA) is 75.4 Å². The van der Waals surface area contributed by atoms with E-state index in [2.05, 4.69) is 5.32 Å². The average molecular weight is 216 g/mol. The molecule has 2 atom stereocenters. The van der Waals surface area contributed by atoms with Crippen LogP contribution in [0.4, 0.5) is 0 Å². The van der Waals surface area contributed by atoms with Crippen molar-refractivity contribution in [2.75, 3.05) is 13.2 Å². The number of rotatable bonds is 7. The Balaban J connectivity index is 3.81. The summed E-state index contributed by atoms with van der Waals surface area (Å²) in [4.78, 5) is 11.5. The fourth-order valence-corrected chi connectivity index (χ4v) is 1.20. The van der Waals surface area contributed by atoms with Crippen molar-refractivity contribution in [1.82, 2.24) is 5.32 Å². The highest BCUT2D eigenvalue weighted by atomic mass is 16.3. The van der Waals surface area contributed by atoms with E-state index >= 15 is 0 Å². The molecule has 0 heterocycles. The van der Waals surface area contributed by atoms with Crippen molar-refractivity contribution in [3.63, 3.8) is 0 Å². The van der Waals surface area contributed by atoms with E-state index in [0.29, 0.717) is 18.9 Å². The van der Waals surface area contributed by atoms with E-state index < -0.39 is 0 Å². The molecule has 0 radical (unpaired) electrons. The van der Waals surface area contributed by atoms with E-state index in [4.69, 9.17) is 10.8 Å². The number of hydrogen-bond donors (Lipinski definition) is 3. The Labute approximate surface area is 92.2 Å². The Morgan fingerprint density at radius 2 is 2.00 bits per heavy atom. The Morgan fingerprint density at radius 3 is 2.40 bits per heavy atom. The largest absolute Gasteiger partial charge is 0.394 e. The van der Waals surface area contributed by atoms with Crippen molar-refractivity contribution in [3.8, 4) is 0 Å². The lowest BCUT2D eigenvalue weighted by Gasteiger charge is -2.20. The van der Waals surface area contributed by atoms with Gasteiger partial charge in [0.2, 0.25) is 5.91 Å². The maximum absolute atomic E-state index is 11.5. The maximum atomic E-state index is 11.5. The van der Waals surface area contributed by atoms with E-state index in [1.54, 1.807) is 0 Å². The number of aliphatic hydroxyl groups excluding tert-OH is 1. The van der Waals surface area contributed by atoms with Gasteiger partial charge in [-0.05, 0) is 24.8 Å². The molecule has 0 aliphatic carbocycles. The molecule has 0 aromatic heterocycles. The summed E-state index contributed by atoms with van der Waals surface area (Å²) in [6.07, 6.45) is 1.29. The van der Waals surface area contributed by atoms with Gasteiger partial charge in [-0.2, -0.15) is 0 Å². The van der Waals surface area contributed by atoms with Gasteiger partial charge in [0, 0.05) is 6.42 Å². The Morgan fingerprint density at radius 1 is 1.40 bits per heavy atom. The smallest absolute Gasteiger partial charge is 0.220 e. The van der Waals surface area contributed by atoms with Crippen LogP contribution in [-0.2, 0) is 4.79 Å². The molecule has 90 valence electrons. The fourth-order valence-electron chi connectivity index (χ4n) is 1.20. The van der Waals surface area contributed by atoms with E-state index in [-0.39, 0.29) is 24.5 Å². The van der Waals surface area contributed by atoms with E-state index in [0.717, 1.165) is 6.42 Å². The number of nitrogens with one attached hydrogen (secondary N) is 1. The Hall–Kier alpha value is -0.610. The third-order valence-corrected chi connectivity index (χ3v) is 2.61. The van der Waals surface area contributed by atoms with Crippen molar-refractivity contribution in [2.45, 2.75) is 39.7 Å². The summed E-state index contributed by atoms with van der Waals surface area (Å²) in [6.45, 7) is 6.59. The number of aliphatic hydroxyl groups is 1. The second kappa shape index (κ2) is 7.65. The lowest BCUT2D eigenvalue weighted by molar-refractivity contribution is -0.122. The molecule has 0 saturated heterocycles. The molecule has 0 aromatic rings. The summed E-state index contributed by atoms with van der Waals surface area (Å²) in [7, 11) is 0. The lowest BCUT2D eigenvalue weighted by atomic mass is 10.0. The summed E-state index contributed by atoms with van der Waals surface area (Å²) in [6, 6.07) is -0.134. The first kappa shape index (κ1) is 14.4. The summed E-state index contributed by atoms with van der Waals surface area (Å²) in [5.74, 6) is 0.635. The van der Waals surface area contributed by atoms with Gasteiger partial charge in [0.25, 0.3) is 0 Å². The van der Waals surface area contributed by atoms with Crippen LogP contribution in [0, 0.1) is 11.8 Å². The SMILES string of the molecule is CC(CN)CCC(=O)N[C@H](CO)C(C)C. The zero-order valence-corrected chi connectivity index (χ0v) is 9.99. The van der Waals surface area contributed by atoms with E-state index in [1.807, 2.05) is 20.8 Å². The molecule has 4 heteroatoms. The molecule has 1 amide bonds. The van der Waals surface area contributed by atoms with Crippen LogP contribution >= 0.6 is 0 Å². The predicted molar refractivity (Wildman–Crippen MR) is 61.3 cm³/mol. The first-order chi connectivity index (χ1) is 7.01. The van der Waals surface area contributed by atoms with Crippen LogP contribution in [0.15, 0.2) is 0 Å². The quantitative estimate of drug-likeness (QED) is 0.580. The normalized spacial score (nSPS) is 15.1. The van der Waals surface area contributed by atoms with Crippen molar-refractivity contribution in [3.05, 3.63) is 0 Å². The highest BCUT2D eigenvalue weighted by molar-refractivity contribution is 5.76. The zero-order valence-electron chi connectivity index (χ0n) is 9.99. The van der Waals surface area contributed by atoms with Crippen LogP contribution < -0.4 is 11.1 Å². The maximum Gasteiger partial charge on any atom is 0.220 e. The van der Waals surface area contributed by atoms with Crippen LogP contribution in [0.2, 0.25) is 0 Å². The fraction of sp³-hybridized carbons (Fsp3) is 0.909. The summed E-state index contributed by atoms with van der Waals surface area (Å²) in [5, 5.41) is 11.9. The molecule has 0 saturated carbocycles. The van der Waals surface area contributed by atoms with Crippen LogP contribution in [0.1, 0.15) is 33.6 Å². The molecular weight excluding hydrogens is 192 g/mol. The van der Waals surface area contributed by atoms with Gasteiger partial charge in [0.1, 0.15) is 0 Å². The van der Waals surface area contributed by atoms with Crippen molar-refractivity contribution < 1.29 is 9.90 Å². The molecule has 0 bridgehead atoms. The zero-order chi connectivity index (χ0) is 11.8. The molecule has 0 aliphatic heterocycles. The van der Waals surface area contributed by atoms with Gasteiger partial charge in [-0.1, -0.05) is 20.8 Å². The molecule has 0 rings (SSSR count). The summed E-state index contributed by atoms with van der Waals surface area (Å²) >= 11 is 0. The standard InChI is InChI=1S/C11H24N2O2/c1-8(2)10(7-14)13-11(15)5-4-9(3)6-12/h8-10,14H,4-7,12H2,1-3H3,(H,13,15)/t9?,10-/m1/s1. The predicted octanol–water partition coefficient (Wildman–Crippen LogP) is 0.495. The molecule has 0 fully saturated rings. The second-order valence-electron chi connectivity index (χ2n) is 4.48. The minimum Gasteiger partial charge on any atom is -0.394 e. The van der Waals surface area contributed by atoms with E-state index in [9.17, 15) is 4.79 Å². The minimum absolute atomic E-state index is 0.00282. The van der Waals surface area contributed by atoms with Crippen molar-refractivity contribution in [2.24, 2.45) is 17.6 Å². The first-order valence-corrected chi connectivity index (χ1v) is 5.61. The van der Waals surface area contributed by atoms with E-state index in [1.165, 1.54) is 0 Å². The van der Waals surface area contributed by atoms with Crippen molar-refractivity contribution >= 4 is 5.91 Å². The molecule has 0 spiro atoms. The molecule has 4 N–H and O–H groups in total. The van der Waals surface area contributed by atoms with Gasteiger partial charge in [-0.15, -0.1) is 0 Å². The Kier molecular flexibility index (Phi) is 7.34. The molecule has 1 unspecified atom stereocenters. The van der Waals surface area contributed by atoms with Gasteiger partial charge in [0.05, 0.1) is 12.6 Å². The average Bonchev–Trinajstić information content (AvgIpc) is 2.21. The molecular formula is C11H24N2O2. The first-order valence-electron chi connectivity index (χ1n) is 5.61. The molecule has 15 heavy (non-hydrogen) atoms. The van der Waals surface area contributed by atoms with Gasteiger partial charge in [-0.25, -0.2) is 0 Å². The Bertz CT molecular complexity index is 183. The number of carbonyl (C=O) groups is 1.